The van der Waals surface area contributed by atoms with Crippen LogP contribution in [0.25, 0.3) is 0 Å². The second kappa shape index (κ2) is 8.08. The lowest BCUT2D eigenvalue weighted by Gasteiger charge is -2.00. The smallest absolute Gasteiger partial charge is 0.449 e. The highest BCUT2D eigenvalue weighted by Crippen LogP contribution is 2.05. The molecule has 0 aliphatic heterocycles. The summed E-state index contributed by atoms with van der Waals surface area (Å²) in [6.45, 7) is 0. The molecule has 0 unspecified atom stereocenters. The van der Waals surface area contributed by atoms with Crippen molar-refractivity contribution in [3.63, 3.8) is 0 Å². The van der Waals surface area contributed by atoms with Crippen LogP contribution in [0.15, 0.2) is 0 Å². The minimum absolute atomic E-state index is 0.0692. The molecule has 0 fully saturated rings. The van der Waals surface area contributed by atoms with Crippen molar-refractivity contribution in [3.05, 3.63) is 0 Å². The molecule has 96 valence electrons. The first-order valence-corrected chi connectivity index (χ1v) is 4.79. The van der Waals surface area contributed by atoms with Crippen LogP contribution >= 0.6 is 0 Å². The molecule has 8 nitrogen and oxygen atoms in total. The number of carboxylic acid groups (broad SMARTS) is 2. The van der Waals surface area contributed by atoms with Crippen molar-refractivity contribution < 1.29 is 38.9 Å². The Labute approximate surface area is 96.1 Å². The molecule has 0 aromatic rings. The van der Waals surface area contributed by atoms with E-state index in [0.29, 0.717) is 19.3 Å². The van der Waals surface area contributed by atoms with E-state index in [2.05, 4.69) is 9.47 Å². The average Bonchev–Trinajstić information content (AvgIpc) is 2.14. The van der Waals surface area contributed by atoms with Crippen LogP contribution in [0, 0.1) is 0 Å². The maximum absolute atomic E-state index is 10.7. The third kappa shape index (κ3) is 10.2. The van der Waals surface area contributed by atoms with Gasteiger partial charge in [0.1, 0.15) is 0 Å². The summed E-state index contributed by atoms with van der Waals surface area (Å²) < 4.78 is 7.68. The van der Waals surface area contributed by atoms with Crippen LogP contribution in [-0.4, -0.2) is 34.5 Å². The van der Waals surface area contributed by atoms with Gasteiger partial charge in [0.2, 0.25) is 0 Å². The fourth-order valence-electron chi connectivity index (χ4n) is 1.01. The van der Waals surface area contributed by atoms with Gasteiger partial charge in [-0.05, 0) is 12.8 Å². The molecule has 0 heterocycles. The van der Waals surface area contributed by atoms with Crippen LogP contribution in [0.5, 0.6) is 0 Å². The molecule has 0 radical (unpaired) electrons. The molecular formula is C9H12O8. The van der Waals surface area contributed by atoms with E-state index in [1.54, 1.807) is 0 Å². The first-order valence-electron chi connectivity index (χ1n) is 4.79. The summed E-state index contributed by atoms with van der Waals surface area (Å²) in [5.41, 5.74) is 0. The molecule has 0 saturated heterocycles. The van der Waals surface area contributed by atoms with E-state index in [1.807, 2.05) is 0 Å². The van der Waals surface area contributed by atoms with Crippen LogP contribution < -0.4 is 0 Å². The number of carbonyl (C=O) groups is 4. The second-order valence-corrected chi connectivity index (χ2v) is 3.04. The predicted octanol–water partition coefficient (Wildman–Crippen LogP) is 1.38. The minimum atomic E-state index is -1.65. The number of carbonyl (C=O) groups excluding carboxylic acids is 2. The molecular weight excluding hydrogens is 236 g/mol. The Morgan fingerprint density at radius 1 is 0.706 bits per heavy atom. The number of esters is 2. The second-order valence-electron chi connectivity index (χ2n) is 3.04. The van der Waals surface area contributed by atoms with Crippen molar-refractivity contribution in [2.24, 2.45) is 0 Å². The Hall–Kier alpha value is -2.12. The topological polar surface area (TPSA) is 127 Å². The Kier molecular flexibility index (Phi) is 7.07. The zero-order chi connectivity index (χ0) is 13.3. The SMILES string of the molecule is O=C(O)OC(=O)CCCCCC(=O)OC(=O)O. The van der Waals surface area contributed by atoms with E-state index in [-0.39, 0.29) is 12.8 Å². The lowest BCUT2D eigenvalue weighted by Crippen LogP contribution is -2.10. The van der Waals surface area contributed by atoms with Gasteiger partial charge in [-0.25, -0.2) is 9.59 Å². The van der Waals surface area contributed by atoms with Crippen LogP contribution in [-0.2, 0) is 19.1 Å². The number of ether oxygens (including phenoxy) is 2. The van der Waals surface area contributed by atoms with Gasteiger partial charge in [-0.1, -0.05) is 6.42 Å². The molecule has 0 aromatic heterocycles. The average molecular weight is 248 g/mol. The van der Waals surface area contributed by atoms with Crippen molar-refractivity contribution in [1.82, 2.24) is 0 Å². The third-order valence-electron chi connectivity index (χ3n) is 1.66. The van der Waals surface area contributed by atoms with Gasteiger partial charge in [-0.2, -0.15) is 0 Å². The van der Waals surface area contributed by atoms with Crippen molar-refractivity contribution in [1.29, 1.82) is 0 Å². The summed E-state index contributed by atoms with van der Waals surface area (Å²) in [6.07, 6.45) is -2.27. The van der Waals surface area contributed by atoms with E-state index in [9.17, 15) is 19.2 Å². The van der Waals surface area contributed by atoms with Crippen LogP contribution in [0.4, 0.5) is 9.59 Å². The summed E-state index contributed by atoms with van der Waals surface area (Å²) in [7, 11) is 0. The molecule has 0 atom stereocenters. The molecule has 2 N–H and O–H groups in total. The van der Waals surface area contributed by atoms with E-state index in [0.717, 1.165) is 0 Å². The summed E-state index contributed by atoms with van der Waals surface area (Å²) in [5, 5.41) is 16.2. The molecule has 0 aromatic carbocycles. The lowest BCUT2D eigenvalue weighted by atomic mass is 10.1. The molecule has 0 bridgehead atoms. The molecule has 0 rings (SSSR count). The van der Waals surface area contributed by atoms with Gasteiger partial charge in [0.25, 0.3) is 0 Å². The van der Waals surface area contributed by atoms with E-state index < -0.39 is 24.2 Å². The molecule has 0 amide bonds. The molecule has 17 heavy (non-hydrogen) atoms. The highest BCUT2D eigenvalue weighted by Gasteiger charge is 2.09. The standard InChI is InChI=1S/C9H12O8/c10-6(16-8(12)13)4-2-1-3-5-7(11)17-9(14)15/h1-5H2,(H,12,13)(H,14,15). The fraction of sp³-hybridized carbons (Fsp3) is 0.556. The van der Waals surface area contributed by atoms with Crippen LogP contribution in [0.1, 0.15) is 32.1 Å². The number of rotatable bonds is 6. The van der Waals surface area contributed by atoms with Crippen LogP contribution in [0.3, 0.4) is 0 Å². The highest BCUT2D eigenvalue weighted by atomic mass is 16.7. The molecule has 0 saturated carbocycles. The summed E-state index contributed by atoms with van der Waals surface area (Å²) in [4.78, 5) is 41.3. The zero-order valence-electron chi connectivity index (χ0n) is 8.88. The first-order chi connectivity index (χ1) is 7.91. The van der Waals surface area contributed by atoms with Gasteiger partial charge in [-0.3, -0.25) is 9.59 Å². The minimum Gasteiger partial charge on any atom is -0.449 e. The van der Waals surface area contributed by atoms with Gasteiger partial charge < -0.3 is 19.7 Å². The fourth-order valence-corrected chi connectivity index (χ4v) is 1.01. The van der Waals surface area contributed by atoms with Crippen molar-refractivity contribution >= 4 is 24.2 Å². The number of hydrogen-bond acceptors (Lipinski definition) is 6. The number of unbranched alkanes of at least 4 members (excludes halogenated alkanes) is 2. The van der Waals surface area contributed by atoms with Gasteiger partial charge in [0, 0.05) is 12.8 Å². The Morgan fingerprint density at radius 2 is 1.06 bits per heavy atom. The summed E-state index contributed by atoms with van der Waals surface area (Å²) >= 11 is 0. The van der Waals surface area contributed by atoms with Gasteiger partial charge in [0.15, 0.2) is 0 Å². The Bertz CT molecular complexity index is 278. The quantitative estimate of drug-likeness (QED) is 0.410. The Morgan fingerprint density at radius 3 is 1.35 bits per heavy atom. The molecule has 0 aliphatic rings. The van der Waals surface area contributed by atoms with E-state index in [1.165, 1.54) is 0 Å². The monoisotopic (exact) mass is 248 g/mol. The highest BCUT2D eigenvalue weighted by molar-refractivity contribution is 5.81. The third-order valence-corrected chi connectivity index (χ3v) is 1.66. The van der Waals surface area contributed by atoms with Crippen molar-refractivity contribution in [2.45, 2.75) is 32.1 Å². The van der Waals surface area contributed by atoms with E-state index >= 15 is 0 Å². The summed E-state index contributed by atoms with van der Waals surface area (Å²) in [5.74, 6) is -1.71. The lowest BCUT2D eigenvalue weighted by molar-refractivity contribution is -0.139. The van der Waals surface area contributed by atoms with Crippen LogP contribution in [0.2, 0.25) is 0 Å². The normalized spacial score (nSPS) is 9.41. The van der Waals surface area contributed by atoms with Gasteiger partial charge in [0.05, 0.1) is 0 Å². The largest absolute Gasteiger partial charge is 0.513 e. The first kappa shape index (κ1) is 14.9. The van der Waals surface area contributed by atoms with Crippen molar-refractivity contribution in [2.75, 3.05) is 0 Å². The van der Waals surface area contributed by atoms with E-state index in [4.69, 9.17) is 10.2 Å². The van der Waals surface area contributed by atoms with Gasteiger partial charge in [-0.15, -0.1) is 0 Å². The summed E-state index contributed by atoms with van der Waals surface area (Å²) in [6, 6.07) is 0. The number of hydrogen-bond donors (Lipinski definition) is 2. The molecule has 0 spiro atoms. The predicted molar refractivity (Wildman–Crippen MR) is 51.3 cm³/mol. The maximum atomic E-state index is 10.7. The van der Waals surface area contributed by atoms with Gasteiger partial charge >= 0.3 is 24.2 Å². The zero-order valence-corrected chi connectivity index (χ0v) is 8.88. The van der Waals surface area contributed by atoms with Crippen molar-refractivity contribution in [3.8, 4) is 0 Å². The molecule has 0 aliphatic carbocycles. The Balaban J connectivity index is 3.46. The molecule has 8 heteroatoms. The maximum Gasteiger partial charge on any atom is 0.513 e.